The van der Waals surface area contributed by atoms with Crippen LogP contribution in [0.4, 0.5) is 0 Å². The van der Waals surface area contributed by atoms with E-state index in [4.69, 9.17) is 16.0 Å². The van der Waals surface area contributed by atoms with E-state index >= 15 is 0 Å². The average molecular weight is 493 g/mol. The molecule has 37 heavy (non-hydrogen) atoms. The summed E-state index contributed by atoms with van der Waals surface area (Å²) in [7, 11) is 0. The third-order valence-corrected chi connectivity index (χ3v) is 8.20. The molecule has 0 amide bonds. The molecule has 6 aromatic rings. The predicted molar refractivity (Wildman–Crippen MR) is 151 cm³/mol. The van der Waals surface area contributed by atoms with Crippen LogP contribution in [0.1, 0.15) is 22.3 Å². The van der Waals surface area contributed by atoms with Crippen molar-refractivity contribution < 1.29 is 4.42 Å². The van der Waals surface area contributed by atoms with Crippen LogP contribution in [-0.4, -0.2) is 0 Å². The minimum absolute atomic E-state index is 0.523. The summed E-state index contributed by atoms with van der Waals surface area (Å²) in [5, 5.41) is 0.740. The highest BCUT2D eigenvalue weighted by atomic mass is 35.5. The van der Waals surface area contributed by atoms with Gasteiger partial charge in [-0.25, -0.2) is 0 Å². The fourth-order valence-electron chi connectivity index (χ4n) is 6.61. The fraction of sp³-hybridized carbons (Fsp3) is 0.0286. The lowest BCUT2D eigenvalue weighted by Crippen LogP contribution is -2.26. The second-order valence-corrected chi connectivity index (χ2v) is 10.2. The second kappa shape index (κ2) is 7.59. The largest absolute Gasteiger partial charge is 0.455 e. The molecule has 5 aromatic carbocycles. The molecule has 1 spiro atoms. The van der Waals surface area contributed by atoms with Gasteiger partial charge in [0.25, 0.3) is 0 Å². The number of furan rings is 1. The van der Waals surface area contributed by atoms with Gasteiger partial charge in [0, 0.05) is 27.3 Å². The van der Waals surface area contributed by atoms with Crippen LogP contribution in [0.15, 0.2) is 132 Å². The molecule has 0 saturated carbocycles. The zero-order valence-corrected chi connectivity index (χ0v) is 20.7. The van der Waals surface area contributed by atoms with Gasteiger partial charge in [-0.15, -0.1) is 0 Å². The minimum Gasteiger partial charge on any atom is -0.455 e. The van der Waals surface area contributed by atoms with E-state index in [1.807, 2.05) is 12.1 Å². The molecule has 1 aromatic heterocycles. The quantitative estimate of drug-likeness (QED) is 0.234. The number of hydrogen-bond donors (Lipinski definition) is 0. The topological polar surface area (TPSA) is 13.1 Å². The van der Waals surface area contributed by atoms with E-state index in [9.17, 15) is 0 Å². The van der Waals surface area contributed by atoms with Crippen molar-refractivity contribution in [1.29, 1.82) is 0 Å². The average Bonchev–Trinajstić information content (AvgIpc) is 3.58. The summed E-state index contributed by atoms with van der Waals surface area (Å²) in [4.78, 5) is 0. The van der Waals surface area contributed by atoms with Crippen molar-refractivity contribution in [3.63, 3.8) is 0 Å². The molecule has 0 fully saturated rings. The van der Waals surface area contributed by atoms with Gasteiger partial charge in [0.15, 0.2) is 0 Å². The molecule has 174 valence electrons. The molecular weight excluding hydrogens is 472 g/mol. The maximum Gasteiger partial charge on any atom is 0.142 e. The molecule has 8 rings (SSSR count). The molecule has 0 aliphatic heterocycles. The van der Waals surface area contributed by atoms with Gasteiger partial charge in [-0.2, -0.15) is 0 Å². The highest BCUT2D eigenvalue weighted by Crippen LogP contribution is 2.66. The summed E-state index contributed by atoms with van der Waals surface area (Å²) in [6, 6.07) is 44.9. The Morgan fingerprint density at radius 3 is 1.65 bits per heavy atom. The highest BCUT2D eigenvalue weighted by Gasteiger charge is 2.55. The lowest BCUT2D eigenvalue weighted by Gasteiger charge is -2.30. The van der Waals surface area contributed by atoms with E-state index in [2.05, 4.69) is 115 Å². The second-order valence-electron chi connectivity index (χ2n) is 9.77. The number of benzene rings is 5. The van der Waals surface area contributed by atoms with Crippen LogP contribution in [-0.2, 0) is 5.41 Å². The molecule has 0 N–H and O–H groups in total. The van der Waals surface area contributed by atoms with Crippen molar-refractivity contribution in [2.75, 3.05) is 0 Å². The Bertz CT molecular complexity index is 1780. The van der Waals surface area contributed by atoms with E-state index in [0.29, 0.717) is 0 Å². The molecule has 2 aliphatic carbocycles. The highest BCUT2D eigenvalue weighted by molar-refractivity contribution is 6.31. The smallest absolute Gasteiger partial charge is 0.142 e. The zero-order chi connectivity index (χ0) is 24.6. The van der Waals surface area contributed by atoms with E-state index in [0.717, 1.165) is 33.2 Å². The van der Waals surface area contributed by atoms with Gasteiger partial charge >= 0.3 is 0 Å². The molecule has 1 heterocycles. The number of rotatable bonds is 2. The van der Waals surface area contributed by atoms with Crippen molar-refractivity contribution in [2.45, 2.75) is 5.41 Å². The van der Waals surface area contributed by atoms with Crippen LogP contribution in [0.3, 0.4) is 0 Å². The van der Waals surface area contributed by atoms with E-state index in [-0.39, 0.29) is 0 Å². The van der Waals surface area contributed by atoms with Gasteiger partial charge in [0.1, 0.15) is 11.5 Å². The Kier molecular flexibility index (Phi) is 4.27. The van der Waals surface area contributed by atoms with Gasteiger partial charge in [0.2, 0.25) is 0 Å². The predicted octanol–water partition coefficient (Wildman–Crippen LogP) is 9.61. The summed E-state index contributed by atoms with van der Waals surface area (Å²) in [5.74, 6) is 1.81. The van der Waals surface area contributed by atoms with Crippen molar-refractivity contribution >= 4 is 11.6 Å². The first-order valence-electron chi connectivity index (χ1n) is 12.6. The SMILES string of the molecule is Clc1ccc2c(c1)C1(c3ccccc3-c3ccccc31)c1c(-c3ccccc3)oc(-c3ccccc3)c1-2. The number of fused-ring (bicyclic) bond motifs is 10. The molecule has 0 unspecified atom stereocenters. The van der Waals surface area contributed by atoms with Crippen LogP contribution < -0.4 is 0 Å². The first-order chi connectivity index (χ1) is 18.3. The van der Waals surface area contributed by atoms with Crippen LogP contribution in [0.25, 0.3) is 44.9 Å². The van der Waals surface area contributed by atoms with Gasteiger partial charge in [-0.05, 0) is 45.5 Å². The molecule has 2 heteroatoms. The normalized spacial score (nSPS) is 13.8. The lowest BCUT2D eigenvalue weighted by atomic mass is 9.70. The first kappa shape index (κ1) is 20.8. The van der Waals surface area contributed by atoms with Gasteiger partial charge in [-0.3, -0.25) is 0 Å². The maximum absolute atomic E-state index is 6.93. The Morgan fingerprint density at radius 2 is 1.03 bits per heavy atom. The van der Waals surface area contributed by atoms with Crippen LogP contribution in [0, 0.1) is 0 Å². The van der Waals surface area contributed by atoms with Crippen LogP contribution >= 0.6 is 11.6 Å². The molecule has 0 radical (unpaired) electrons. The maximum atomic E-state index is 6.93. The van der Waals surface area contributed by atoms with Crippen LogP contribution in [0.2, 0.25) is 5.02 Å². The van der Waals surface area contributed by atoms with Crippen molar-refractivity contribution in [2.24, 2.45) is 0 Å². The Hall–Kier alpha value is -4.33. The molecule has 0 bridgehead atoms. The standard InChI is InChI=1S/C35H21ClO/c36-24-19-20-27-30(21-24)35(28-17-9-7-15-25(28)26-16-8-10-18-29(26)35)32-31(27)33(22-11-3-1-4-12-22)37-34(32)23-13-5-2-6-14-23/h1-21H. The molecule has 1 nitrogen and oxygen atoms in total. The molecule has 0 saturated heterocycles. The lowest BCUT2D eigenvalue weighted by molar-refractivity contribution is 0.588. The summed E-state index contributed by atoms with van der Waals surface area (Å²) in [6.07, 6.45) is 0. The van der Waals surface area contributed by atoms with Gasteiger partial charge in [-0.1, -0.05) is 127 Å². The van der Waals surface area contributed by atoms with Crippen LogP contribution in [0.5, 0.6) is 0 Å². The van der Waals surface area contributed by atoms with Crippen molar-refractivity contribution in [3.8, 4) is 44.9 Å². The fourth-order valence-corrected chi connectivity index (χ4v) is 6.78. The summed E-state index contributed by atoms with van der Waals surface area (Å²) < 4.78 is 6.93. The Balaban J connectivity index is 1.61. The van der Waals surface area contributed by atoms with Crippen molar-refractivity contribution in [1.82, 2.24) is 0 Å². The Labute approximate surface area is 220 Å². The first-order valence-corrected chi connectivity index (χ1v) is 12.9. The molecule has 2 aliphatic rings. The zero-order valence-electron chi connectivity index (χ0n) is 19.9. The third kappa shape index (κ3) is 2.64. The Morgan fingerprint density at radius 1 is 0.486 bits per heavy atom. The van der Waals surface area contributed by atoms with Crippen molar-refractivity contribution in [3.05, 3.63) is 155 Å². The summed E-state index contributed by atoms with van der Waals surface area (Å²) in [5.41, 5.74) is 11.4. The van der Waals surface area contributed by atoms with Gasteiger partial charge < -0.3 is 4.42 Å². The molecular formula is C35H21ClO. The monoisotopic (exact) mass is 492 g/mol. The van der Waals surface area contributed by atoms with Gasteiger partial charge in [0.05, 0.1) is 5.41 Å². The minimum atomic E-state index is -0.523. The number of halogens is 1. The third-order valence-electron chi connectivity index (χ3n) is 7.96. The number of hydrogen-bond acceptors (Lipinski definition) is 1. The van der Waals surface area contributed by atoms with E-state index in [1.54, 1.807) is 0 Å². The summed E-state index contributed by atoms with van der Waals surface area (Å²) in [6.45, 7) is 0. The molecule has 0 atom stereocenters. The summed E-state index contributed by atoms with van der Waals surface area (Å²) >= 11 is 6.74. The van der Waals surface area contributed by atoms with E-state index in [1.165, 1.54) is 38.9 Å². The van der Waals surface area contributed by atoms with E-state index < -0.39 is 5.41 Å².